The molecular weight excluding hydrogens is 422 g/mol. The van der Waals surface area contributed by atoms with Crippen LogP contribution in [0.5, 0.6) is 11.5 Å². The summed E-state index contributed by atoms with van der Waals surface area (Å²) in [5.41, 5.74) is -0.903. The molecule has 0 unspecified atom stereocenters. The van der Waals surface area contributed by atoms with Crippen LogP contribution in [0.15, 0.2) is 64.3 Å². The van der Waals surface area contributed by atoms with E-state index in [2.05, 4.69) is 10.3 Å². The van der Waals surface area contributed by atoms with Crippen molar-refractivity contribution in [3.8, 4) is 11.5 Å². The van der Waals surface area contributed by atoms with Crippen LogP contribution in [0.3, 0.4) is 0 Å². The van der Waals surface area contributed by atoms with Crippen LogP contribution in [0.4, 0.5) is 0 Å². The van der Waals surface area contributed by atoms with Crippen LogP contribution < -0.4 is 26.0 Å². The molecule has 162 valence electrons. The van der Waals surface area contributed by atoms with Gasteiger partial charge in [0.2, 0.25) is 0 Å². The number of hydrogen-bond acceptors (Lipinski definition) is 5. The number of hydrogen-bond donors (Lipinski definition) is 2. The van der Waals surface area contributed by atoms with E-state index in [-0.39, 0.29) is 25.3 Å². The fourth-order valence-electron chi connectivity index (χ4n) is 2.84. The molecule has 0 atom stereocenters. The number of rotatable bonds is 9. The minimum Gasteiger partial charge on any atom is -0.494 e. The number of H-pyrrole nitrogens is 1. The smallest absolute Gasteiger partial charge is 0.328 e. The monoisotopic (exact) mass is 443 g/mol. The maximum Gasteiger partial charge on any atom is 0.328 e. The van der Waals surface area contributed by atoms with E-state index < -0.39 is 17.2 Å². The van der Waals surface area contributed by atoms with Gasteiger partial charge >= 0.3 is 5.69 Å². The fourth-order valence-corrected chi connectivity index (χ4v) is 3.04. The summed E-state index contributed by atoms with van der Waals surface area (Å²) in [7, 11) is 0. The number of ether oxygens (including phenoxy) is 2. The molecule has 3 rings (SSSR count). The van der Waals surface area contributed by atoms with Gasteiger partial charge in [-0.05, 0) is 42.8 Å². The van der Waals surface area contributed by atoms with E-state index in [1.54, 1.807) is 48.5 Å². The Kier molecular flexibility index (Phi) is 7.50. The summed E-state index contributed by atoms with van der Waals surface area (Å²) in [4.78, 5) is 39.7. The summed E-state index contributed by atoms with van der Waals surface area (Å²) in [6.07, 6.45) is 1.11. The highest BCUT2D eigenvalue weighted by molar-refractivity contribution is 6.31. The number of aromatic nitrogens is 2. The Balaban J connectivity index is 1.61. The van der Waals surface area contributed by atoms with Gasteiger partial charge < -0.3 is 19.8 Å². The molecule has 31 heavy (non-hydrogen) atoms. The summed E-state index contributed by atoms with van der Waals surface area (Å²) in [5.74, 6) is 0.766. The summed E-state index contributed by atoms with van der Waals surface area (Å²) < 4.78 is 11.9. The molecule has 0 aliphatic heterocycles. The van der Waals surface area contributed by atoms with Crippen molar-refractivity contribution in [2.45, 2.75) is 13.5 Å². The zero-order valence-electron chi connectivity index (χ0n) is 16.9. The van der Waals surface area contributed by atoms with Gasteiger partial charge in [0.1, 0.15) is 23.7 Å². The summed E-state index contributed by atoms with van der Waals surface area (Å²) in [6, 6.07) is 14.0. The lowest BCUT2D eigenvalue weighted by atomic mass is 10.2. The molecule has 1 heterocycles. The molecule has 8 nitrogen and oxygen atoms in total. The van der Waals surface area contributed by atoms with Gasteiger partial charge in [-0.2, -0.15) is 0 Å². The molecular formula is C22H22ClN3O5. The van der Waals surface area contributed by atoms with Crippen molar-refractivity contribution in [1.82, 2.24) is 14.9 Å². The van der Waals surface area contributed by atoms with Crippen molar-refractivity contribution in [1.29, 1.82) is 0 Å². The predicted molar refractivity (Wildman–Crippen MR) is 117 cm³/mol. The first-order valence-electron chi connectivity index (χ1n) is 9.69. The maximum absolute atomic E-state index is 12.7. The topological polar surface area (TPSA) is 102 Å². The first kappa shape index (κ1) is 22.2. The average Bonchev–Trinajstić information content (AvgIpc) is 2.76. The molecule has 1 amide bonds. The highest BCUT2D eigenvalue weighted by Crippen LogP contribution is 2.17. The molecule has 0 aliphatic carbocycles. The van der Waals surface area contributed by atoms with Gasteiger partial charge in [-0.3, -0.25) is 14.2 Å². The van der Waals surface area contributed by atoms with Crippen LogP contribution >= 0.6 is 11.6 Å². The van der Waals surface area contributed by atoms with Gasteiger partial charge in [-0.1, -0.05) is 29.8 Å². The van der Waals surface area contributed by atoms with E-state index in [4.69, 9.17) is 21.1 Å². The number of aromatic amines is 1. The van der Waals surface area contributed by atoms with E-state index in [9.17, 15) is 14.4 Å². The van der Waals surface area contributed by atoms with E-state index in [1.165, 1.54) is 0 Å². The van der Waals surface area contributed by atoms with Gasteiger partial charge in [0.05, 0.1) is 19.7 Å². The fraction of sp³-hybridized carbons (Fsp3) is 0.227. The molecule has 0 bridgehead atoms. The van der Waals surface area contributed by atoms with Crippen LogP contribution in [0.2, 0.25) is 5.02 Å². The predicted octanol–water partition coefficient (Wildman–Crippen LogP) is 2.45. The quantitative estimate of drug-likeness (QED) is 0.494. The Labute approximate surface area is 183 Å². The zero-order chi connectivity index (χ0) is 22.2. The second-order valence-electron chi connectivity index (χ2n) is 6.50. The number of nitrogens with zero attached hydrogens (tertiary/aromatic N) is 1. The third-order valence-corrected chi connectivity index (χ3v) is 4.75. The highest BCUT2D eigenvalue weighted by Gasteiger charge is 2.15. The number of amides is 1. The Morgan fingerprint density at radius 2 is 1.74 bits per heavy atom. The van der Waals surface area contributed by atoms with Crippen molar-refractivity contribution in [3.05, 3.63) is 91.7 Å². The third-order valence-electron chi connectivity index (χ3n) is 4.38. The van der Waals surface area contributed by atoms with Gasteiger partial charge in [0, 0.05) is 11.2 Å². The Morgan fingerprint density at radius 3 is 2.42 bits per heavy atom. The van der Waals surface area contributed by atoms with Gasteiger partial charge in [0.25, 0.3) is 11.5 Å². The Morgan fingerprint density at radius 1 is 1.06 bits per heavy atom. The maximum atomic E-state index is 12.7. The van der Waals surface area contributed by atoms with Gasteiger partial charge in [0.15, 0.2) is 0 Å². The number of halogens is 1. The first-order chi connectivity index (χ1) is 15.0. The molecule has 9 heteroatoms. The first-order valence-corrected chi connectivity index (χ1v) is 10.1. The molecule has 2 aromatic carbocycles. The molecule has 2 N–H and O–H groups in total. The van der Waals surface area contributed by atoms with Crippen LogP contribution in [-0.2, 0) is 6.54 Å². The Bertz CT molecular complexity index is 1150. The summed E-state index contributed by atoms with van der Waals surface area (Å²) >= 11 is 6.11. The minimum atomic E-state index is -0.700. The molecule has 1 aromatic heterocycles. The van der Waals surface area contributed by atoms with Crippen molar-refractivity contribution in [2.75, 3.05) is 19.8 Å². The van der Waals surface area contributed by atoms with Crippen LogP contribution in [0.1, 0.15) is 22.8 Å². The van der Waals surface area contributed by atoms with Crippen molar-refractivity contribution in [2.24, 2.45) is 0 Å². The summed E-state index contributed by atoms with van der Waals surface area (Å²) in [5, 5.41) is 3.04. The van der Waals surface area contributed by atoms with Gasteiger partial charge in [-0.15, -0.1) is 0 Å². The molecule has 3 aromatic rings. The van der Waals surface area contributed by atoms with Crippen molar-refractivity contribution in [3.63, 3.8) is 0 Å². The number of benzene rings is 2. The number of carbonyl (C=O) groups is 1. The molecule has 0 aliphatic rings. The normalized spacial score (nSPS) is 10.5. The SMILES string of the molecule is CCOc1ccc(OCCNC(=O)c2c[nH]c(=O)n(Cc3ccccc3Cl)c2=O)cc1. The Hall–Kier alpha value is -3.52. The summed E-state index contributed by atoms with van der Waals surface area (Å²) in [6.45, 7) is 2.82. The standard InChI is InChI=1S/C22H22ClN3O5/c1-2-30-16-7-9-17(10-8-16)31-12-11-24-20(27)18-13-25-22(29)26(21(18)28)14-15-5-3-4-6-19(15)23/h3-10,13H,2,11-12,14H2,1H3,(H,24,27)(H,25,29). The van der Waals surface area contributed by atoms with Crippen molar-refractivity contribution < 1.29 is 14.3 Å². The van der Waals surface area contributed by atoms with E-state index in [1.807, 2.05) is 6.92 Å². The lowest BCUT2D eigenvalue weighted by Gasteiger charge is -2.10. The largest absolute Gasteiger partial charge is 0.494 e. The van der Waals surface area contributed by atoms with Crippen LogP contribution in [0, 0.1) is 0 Å². The van der Waals surface area contributed by atoms with E-state index in [0.29, 0.717) is 22.9 Å². The van der Waals surface area contributed by atoms with E-state index >= 15 is 0 Å². The van der Waals surface area contributed by atoms with Gasteiger partial charge in [-0.25, -0.2) is 4.79 Å². The second-order valence-corrected chi connectivity index (χ2v) is 6.91. The lowest BCUT2D eigenvalue weighted by molar-refractivity contribution is 0.0944. The second kappa shape index (κ2) is 10.5. The molecule has 0 fully saturated rings. The minimum absolute atomic E-state index is 0.0458. The third kappa shape index (κ3) is 5.76. The highest BCUT2D eigenvalue weighted by atomic mass is 35.5. The van der Waals surface area contributed by atoms with Crippen LogP contribution in [-0.4, -0.2) is 35.2 Å². The average molecular weight is 444 g/mol. The lowest BCUT2D eigenvalue weighted by Crippen LogP contribution is -2.41. The molecule has 0 spiro atoms. The van der Waals surface area contributed by atoms with Crippen molar-refractivity contribution >= 4 is 17.5 Å². The number of nitrogens with one attached hydrogen (secondary N) is 2. The van der Waals surface area contributed by atoms with E-state index in [0.717, 1.165) is 16.5 Å². The molecule has 0 saturated carbocycles. The number of carbonyl (C=O) groups excluding carboxylic acids is 1. The zero-order valence-corrected chi connectivity index (χ0v) is 17.6. The molecule has 0 radical (unpaired) electrons. The molecule has 0 saturated heterocycles. The van der Waals surface area contributed by atoms with Crippen LogP contribution in [0.25, 0.3) is 0 Å².